The minimum atomic E-state index is -3.48. The number of aromatic amines is 1. The van der Waals surface area contributed by atoms with Gasteiger partial charge in [0.2, 0.25) is 5.91 Å². The van der Waals surface area contributed by atoms with Gasteiger partial charge in [-0.2, -0.15) is 5.10 Å². The lowest BCUT2D eigenvalue weighted by atomic mass is 10.1. The molecule has 0 saturated heterocycles. The molecule has 0 atom stereocenters. The molecule has 1 aliphatic heterocycles. The van der Waals surface area contributed by atoms with Crippen molar-refractivity contribution in [1.82, 2.24) is 20.2 Å². The number of amides is 1. The summed E-state index contributed by atoms with van der Waals surface area (Å²) in [6.07, 6.45) is 4.87. The van der Waals surface area contributed by atoms with Gasteiger partial charge in [0, 0.05) is 29.6 Å². The molecule has 0 unspecified atom stereocenters. The van der Waals surface area contributed by atoms with Crippen LogP contribution in [0.25, 0.3) is 22.4 Å². The summed E-state index contributed by atoms with van der Waals surface area (Å²) in [6.45, 7) is 0. The van der Waals surface area contributed by atoms with Crippen LogP contribution in [0.3, 0.4) is 0 Å². The van der Waals surface area contributed by atoms with Crippen molar-refractivity contribution in [2.24, 2.45) is 0 Å². The van der Waals surface area contributed by atoms with Crippen LogP contribution in [0.1, 0.15) is 18.4 Å². The third kappa shape index (κ3) is 3.80. The predicted molar refractivity (Wildman–Crippen MR) is 122 cm³/mol. The van der Waals surface area contributed by atoms with Crippen molar-refractivity contribution in [1.29, 1.82) is 0 Å². The van der Waals surface area contributed by atoms with Crippen molar-refractivity contribution in [3.63, 3.8) is 0 Å². The fraction of sp³-hybridized carbons (Fsp3) is 0.182. The lowest BCUT2D eigenvalue weighted by Crippen LogP contribution is -2.09. The van der Waals surface area contributed by atoms with Crippen LogP contribution >= 0.6 is 0 Å². The highest BCUT2D eigenvalue weighted by molar-refractivity contribution is 7.90. The molecule has 1 amide bonds. The van der Waals surface area contributed by atoms with Crippen molar-refractivity contribution in [3.05, 3.63) is 54.2 Å². The predicted octanol–water partition coefficient (Wildman–Crippen LogP) is 3.44. The summed E-state index contributed by atoms with van der Waals surface area (Å²) in [6, 6.07) is 12.4. The van der Waals surface area contributed by atoms with Crippen LogP contribution in [-0.2, 0) is 21.1 Å². The van der Waals surface area contributed by atoms with Crippen molar-refractivity contribution < 1.29 is 13.2 Å². The first-order chi connectivity index (χ1) is 15.4. The number of H-pyrrole nitrogens is 1. The van der Waals surface area contributed by atoms with E-state index in [0.717, 1.165) is 36.0 Å². The Morgan fingerprint density at radius 1 is 1.06 bits per heavy atom. The standard InChI is InChI=1S/C22H20N6O3S/c1-32(30,31)18-7-3-2-6-15(18)21-26-17-12-23-28-20(17)22(27-21)24-14-10-9-13-5-4-8-19(29)25-16(13)11-14/h2-3,6-7,9-12H,4-5,8H2,1H3,(H,23,28)(H,25,29)(H,24,26,27). The lowest BCUT2D eigenvalue weighted by Gasteiger charge is -2.13. The van der Waals surface area contributed by atoms with Crippen LogP contribution in [0.4, 0.5) is 17.2 Å². The molecule has 0 bridgehead atoms. The second-order valence-corrected chi connectivity index (χ2v) is 9.68. The SMILES string of the molecule is CS(=O)(=O)c1ccccc1-c1nc(Nc2ccc3c(c2)NC(=O)CCC3)c2[nH]ncc2n1. The van der Waals surface area contributed by atoms with E-state index in [-0.39, 0.29) is 16.6 Å². The van der Waals surface area contributed by atoms with Crippen LogP contribution in [0.15, 0.2) is 53.6 Å². The second-order valence-electron chi connectivity index (χ2n) is 7.69. The number of aryl methyl sites for hydroxylation is 1. The molecule has 0 fully saturated rings. The van der Waals surface area contributed by atoms with Gasteiger partial charge < -0.3 is 10.6 Å². The smallest absolute Gasteiger partial charge is 0.224 e. The van der Waals surface area contributed by atoms with E-state index in [0.29, 0.717) is 28.8 Å². The number of fused-ring (bicyclic) bond motifs is 2. The number of hydrogen-bond acceptors (Lipinski definition) is 7. The van der Waals surface area contributed by atoms with Crippen molar-refractivity contribution in [2.75, 3.05) is 16.9 Å². The van der Waals surface area contributed by atoms with E-state index in [9.17, 15) is 13.2 Å². The summed E-state index contributed by atoms with van der Waals surface area (Å²) in [5.74, 6) is 0.717. The normalized spacial score (nSPS) is 14.0. The van der Waals surface area contributed by atoms with E-state index in [2.05, 4.69) is 30.8 Å². The Hall–Kier alpha value is -3.79. The molecule has 4 aromatic rings. The maximum absolute atomic E-state index is 12.3. The van der Waals surface area contributed by atoms with Crippen LogP contribution in [0.5, 0.6) is 0 Å². The van der Waals surface area contributed by atoms with Gasteiger partial charge in [-0.05, 0) is 42.7 Å². The number of nitrogens with one attached hydrogen (secondary N) is 3. The average molecular weight is 449 g/mol. The molecule has 5 rings (SSSR count). The number of nitrogens with zero attached hydrogens (tertiary/aromatic N) is 3. The molecule has 0 spiro atoms. The van der Waals surface area contributed by atoms with Crippen LogP contribution in [-0.4, -0.2) is 40.7 Å². The van der Waals surface area contributed by atoms with E-state index >= 15 is 0 Å². The number of carbonyl (C=O) groups is 1. The first-order valence-corrected chi connectivity index (χ1v) is 12.0. The first-order valence-electron chi connectivity index (χ1n) is 10.1. The van der Waals surface area contributed by atoms with Gasteiger partial charge in [-0.3, -0.25) is 9.89 Å². The Labute approximate surface area is 184 Å². The quantitative estimate of drug-likeness (QED) is 0.436. The summed E-state index contributed by atoms with van der Waals surface area (Å²) >= 11 is 0. The topological polar surface area (TPSA) is 130 Å². The molecule has 32 heavy (non-hydrogen) atoms. The van der Waals surface area contributed by atoms with Crippen molar-refractivity contribution >= 4 is 44.0 Å². The van der Waals surface area contributed by atoms with Gasteiger partial charge in [-0.25, -0.2) is 18.4 Å². The van der Waals surface area contributed by atoms with Gasteiger partial charge in [-0.1, -0.05) is 18.2 Å². The van der Waals surface area contributed by atoms with E-state index in [4.69, 9.17) is 0 Å². The zero-order chi connectivity index (χ0) is 22.3. The minimum Gasteiger partial charge on any atom is -0.338 e. The molecule has 9 nitrogen and oxygen atoms in total. The van der Waals surface area contributed by atoms with Gasteiger partial charge in [0.25, 0.3) is 0 Å². The molecule has 1 aliphatic rings. The molecule has 3 heterocycles. The lowest BCUT2D eigenvalue weighted by molar-refractivity contribution is -0.116. The number of hydrogen-bond donors (Lipinski definition) is 3. The number of rotatable bonds is 4. The Bertz CT molecular complexity index is 1460. The summed E-state index contributed by atoms with van der Waals surface area (Å²) < 4.78 is 24.6. The zero-order valence-electron chi connectivity index (χ0n) is 17.2. The Kier molecular flexibility index (Phi) is 4.86. The molecule has 10 heteroatoms. The maximum atomic E-state index is 12.3. The summed E-state index contributed by atoms with van der Waals surface area (Å²) in [7, 11) is -3.48. The molecule has 0 radical (unpaired) electrons. The third-order valence-electron chi connectivity index (χ3n) is 5.32. The Balaban J connectivity index is 1.60. The molecule has 0 aliphatic carbocycles. The van der Waals surface area contributed by atoms with Gasteiger partial charge in [-0.15, -0.1) is 0 Å². The highest BCUT2D eigenvalue weighted by Crippen LogP contribution is 2.31. The average Bonchev–Trinajstić information content (AvgIpc) is 3.15. The van der Waals surface area contributed by atoms with Crippen LogP contribution < -0.4 is 10.6 Å². The summed E-state index contributed by atoms with van der Waals surface area (Å²) in [4.78, 5) is 21.2. The fourth-order valence-electron chi connectivity index (χ4n) is 3.80. The van der Waals surface area contributed by atoms with E-state index in [1.165, 1.54) is 6.07 Å². The molecular weight excluding hydrogens is 428 g/mol. The maximum Gasteiger partial charge on any atom is 0.224 e. The van der Waals surface area contributed by atoms with Crippen molar-refractivity contribution in [3.8, 4) is 11.4 Å². The highest BCUT2D eigenvalue weighted by atomic mass is 32.2. The van der Waals surface area contributed by atoms with Crippen LogP contribution in [0.2, 0.25) is 0 Å². The highest BCUT2D eigenvalue weighted by Gasteiger charge is 2.19. The van der Waals surface area contributed by atoms with Crippen LogP contribution in [0, 0.1) is 0 Å². The van der Waals surface area contributed by atoms with Gasteiger partial charge in [0.1, 0.15) is 11.0 Å². The second kappa shape index (κ2) is 7.72. The molecular formula is C22H20N6O3S. The number of anilines is 3. The third-order valence-corrected chi connectivity index (χ3v) is 6.48. The Morgan fingerprint density at radius 3 is 2.75 bits per heavy atom. The molecule has 3 N–H and O–H groups in total. The number of aromatic nitrogens is 4. The largest absolute Gasteiger partial charge is 0.338 e. The van der Waals surface area contributed by atoms with E-state index < -0.39 is 9.84 Å². The fourth-order valence-corrected chi connectivity index (χ4v) is 4.69. The van der Waals surface area contributed by atoms with Gasteiger partial charge >= 0.3 is 0 Å². The monoisotopic (exact) mass is 448 g/mol. The molecule has 2 aromatic heterocycles. The van der Waals surface area contributed by atoms with E-state index in [1.807, 2.05) is 18.2 Å². The van der Waals surface area contributed by atoms with Gasteiger partial charge in [0.05, 0.1) is 11.1 Å². The number of sulfone groups is 1. The summed E-state index contributed by atoms with van der Waals surface area (Å²) in [5.41, 5.74) is 4.13. The molecule has 2 aromatic carbocycles. The summed E-state index contributed by atoms with van der Waals surface area (Å²) in [5, 5.41) is 13.2. The van der Waals surface area contributed by atoms with E-state index in [1.54, 1.807) is 24.4 Å². The van der Waals surface area contributed by atoms with Gasteiger partial charge in [0.15, 0.2) is 21.5 Å². The minimum absolute atomic E-state index is 0.00133. The number of benzene rings is 2. The Morgan fingerprint density at radius 2 is 1.91 bits per heavy atom. The molecule has 162 valence electrons. The number of carbonyl (C=O) groups excluding carboxylic acids is 1. The van der Waals surface area contributed by atoms with Crippen molar-refractivity contribution in [2.45, 2.75) is 24.2 Å². The zero-order valence-corrected chi connectivity index (χ0v) is 18.0. The first kappa shape index (κ1) is 20.1. The molecule has 0 saturated carbocycles.